The SMILES string of the molecule is C=C1/C(c2cccc(OCCCO)c2)=C2/C=CC(=N2)/C=c2/ccc([nH]2)=C(c2cccc(OCCCO)c2)C2=N/C(=C\C3C(C)N13)C=C2. The first-order valence-electron chi connectivity index (χ1n) is 16.1. The van der Waals surface area contributed by atoms with E-state index in [9.17, 15) is 10.2 Å². The van der Waals surface area contributed by atoms with E-state index in [0.717, 1.165) is 73.0 Å². The predicted molar refractivity (Wildman–Crippen MR) is 187 cm³/mol. The highest BCUT2D eigenvalue weighted by Gasteiger charge is 2.44. The fraction of sp³-hybridized carbons (Fsp3) is 0.231. The maximum Gasteiger partial charge on any atom is 0.119 e. The third kappa shape index (κ3) is 6.43. The topological polar surface area (TPSA) is 102 Å². The van der Waals surface area contributed by atoms with Crippen LogP contribution in [0.15, 0.2) is 125 Å². The van der Waals surface area contributed by atoms with Gasteiger partial charge in [0.05, 0.1) is 48.1 Å². The molecule has 8 nitrogen and oxygen atoms in total. The van der Waals surface area contributed by atoms with Gasteiger partial charge in [-0.2, -0.15) is 0 Å². The zero-order valence-electron chi connectivity index (χ0n) is 26.4. The molecular weight excluding hydrogens is 588 g/mol. The monoisotopic (exact) mass is 626 g/mol. The van der Waals surface area contributed by atoms with Gasteiger partial charge in [0.1, 0.15) is 11.5 Å². The number of hydrogen-bond donors (Lipinski definition) is 3. The number of hydrogen-bond acceptors (Lipinski definition) is 7. The summed E-state index contributed by atoms with van der Waals surface area (Å²) in [6, 6.07) is 20.5. The number of ether oxygens (including phenoxy) is 2. The number of aromatic amines is 1. The van der Waals surface area contributed by atoms with Crippen LogP contribution in [-0.4, -0.2) is 70.0 Å². The highest BCUT2D eigenvalue weighted by Crippen LogP contribution is 2.43. The number of rotatable bonds is 10. The Hall–Kier alpha value is -5.18. The summed E-state index contributed by atoms with van der Waals surface area (Å²) in [7, 11) is 0. The van der Waals surface area contributed by atoms with E-state index in [1.807, 2.05) is 54.6 Å². The van der Waals surface area contributed by atoms with E-state index in [4.69, 9.17) is 19.5 Å². The minimum absolute atomic E-state index is 0.0883. The van der Waals surface area contributed by atoms with Crippen LogP contribution in [0.1, 0.15) is 30.9 Å². The molecule has 238 valence electrons. The van der Waals surface area contributed by atoms with Crippen molar-refractivity contribution in [2.24, 2.45) is 9.98 Å². The van der Waals surface area contributed by atoms with Crippen molar-refractivity contribution < 1.29 is 19.7 Å². The Labute approximate surface area is 274 Å². The van der Waals surface area contributed by atoms with E-state index in [2.05, 4.69) is 65.9 Å². The van der Waals surface area contributed by atoms with E-state index in [0.29, 0.717) is 26.1 Å². The van der Waals surface area contributed by atoms with E-state index in [1.165, 1.54) is 0 Å². The second-order valence-corrected chi connectivity index (χ2v) is 11.9. The lowest BCUT2D eigenvalue weighted by molar-refractivity contribution is 0.233. The van der Waals surface area contributed by atoms with E-state index in [-0.39, 0.29) is 25.3 Å². The van der Waals surface area contributed by atoms with Gasteiger partial charge >= 0.3 is 0 Å². The van der Waals surface area contributed by atoms with Gasteiger partial charge in [0.15, 0.2) is 0 Å². The third-order valence-corrected chi connectivity index (χ3v) is 8.61. The first kappa shape index (κ1) is 30.5. The lowest BCUT2D eigenvalue weighted by Gasteiger charge is -2.17. The molecule has 0 amide bonds. The largest absolute Gasteiger partial charge is 0.493 e. The second-order valence-electron chi connectivity index (χ2n) is 11.9. The minimum Gasteiger partial charge on any atom is -0.493 e. The van der Waals surface area contributed by atoms with E-state index >= 15 is 0 Å². The van der Waals surface area contributed by atoms with Gasteiger partial charge in [-0.15, -0.1) is 0 Å². The van der Waals surface area contributed by atoms with Crippen LogP contribution in [0.3, 0.4) is 0 Å². The average Bonchev–Trinajstić information content (AvgIpc) is 3.55. The number of nitrogens with one attached hydrogen (secondary N) is 1. The van der Waals surface area contributed by atoms with Crippen molar-refractivity contribution in [3.8, 4) is 11.5 Å². The molecule has 2 aromatic carbocycles. The van der Waals surface area contributed by atoms with Gasteiger partial charge in [-0.05, 0) is 90.9 Å². The van der Waals surface area contributed by atoms with Crippen molar-refractivity contribution in [3.63, 3.8) is 0 Å². The van der Waals surface area contributed by atoms with Crippen LogP contribution >= 0.6 is 0 Å². The fourth-order valence-electron chi connectivity index (χ4n) is 6.23. The minimum atomic E-state index is 0.0883. The summed E-state index contributed by atoms with van der Waals surface area (Å²) < 4.78 is 11.8. The first-order valence-corrected chi connectivity index (χ1v) is 16.1. The quantitative estimate of drug-likeness (QED) is 0.228. The zero-order valence-corrected chi connectivity index (χ0v) is 26.4. The highest BCUT2D eigenvalue weighted by molar-refractivity contribution is 6.30. The van der Waals surface area contributed by atoms with Gasteiger partial charge in [-0.25, -0.2) is 9.98 Å². The molecule has 7 rings (SSSR count). The Morgan fingerprint density at radius 3 is 2.23 bits per heavy atom. The van der Waals surface area contributed by atoms with Crippen molar-refractivity contribution in [1.82, 2.24) is 9.88 Å². The lowest BCUT2D eigenvalue weighted by Crippen LogP contribution is -2.18. The lowest BCUT2D eigenvalue weighted by atomic mass is 10.0. The number of benzene rings is 2. The smallest absolute Gasteiger partial charge is 0.119 e. The van der Waals surface area contributed by atoms with Crippen LogP contribution in [0.5, 0.6) is 11.5 Å². The maximum atomic E-state index is 9.20. The molecule has 1 aromatic heterocycles. The van der Waals surface area contributed by atoms with Crippen molar-refractivity contribution in [3.05, 3.63) is 137 Å². The molecular formula is C39H38N4O4. The van der Waals surface area contributed by atoms with Crippen LogP contribution in [0.25, 0.3) is 17.2 Å². The Morgan fingerprint density at radius 2 is 1.53 bits per heavy atom. The zero-order chi connectivity index (χ0) is 32.3. The standard InChI is InChI=1S/C39H38N4O4/c1-25-37-24-31-13-16-36(42-31)39(28-8-4-10-33(22-28)47-20-6-18-45)35-15-12-30(41-35)23-29-11-14-34(40-29)38(26(2)43(25)37)27-7-3-9-32(21-27)46-19-5-17-44/h3-4,7-16,21-25,37,41,44-45H,2,5-6,17-20H2,1H3/b30-23-,31-24-,38-34+,39-35?. The molecule has 0 saturated carbocycles. The van der Waals surface area contributed by atoms with Gasteiger partial charge in [0.2, 0.25) is 0 Å². The molecule has 5 heterocycles. The summed E-state index contributed by atoms with van der Waals surface area (Å²) in [4.78, 5) is 16.1. The normalized spacial score (nSPS) is 23.1. The number of allylic oxidation sites excluding steroid dienone is 5. The van der Waals surface area contributed by atoms with Crippen LogP contribution in [0.2, 0.25) is 0 Å². The average molecular weight is 627 g/mol. The Balaban J connectivity index is 1.35. The molecule has 4 aliphatic rings. The number of H-pyrrole nitrogens is 1. The van der Waals surface area contributed by atoms with Crippen LogP contribution < -0.4 is 20.2 Å². The molecule has 0 aliphatic carbocycles. The molecule has 2 unspecified atom stereocenters. The van der Waals surface area contributed by atoms with Gasteiger partial charge in [-0.1, -0.05) is 30.8 Å². The summed E-state index contributed by atoms with van der Waals surface area (Å²) in [5.74, 6) is 1.49. The van der Waals surface area contributed by atoms with Crippen LogP contribution in [0.4, 0.5) is 0 Å². The molecule has 3 aromatic rings. The Kier molecular flexibility index (Phi) is 8.61. The van der Waals surface area contributed by atoms with Crippen LogP contribution in [0, 0.1) is 0 Å². The number of aliphatic hydroxyl groups is 2. The molecule has 8 heteroatoms. The van der Waals surface area contributed by atoms with Crippen LogP contribution in [-0.2, 0) is 0 Å². The molecule has 0 radical (unpaired) electrons. The van der Waals surface area contributed by atoms with Crippen molar-refractivity contribution >= 4 is 28.6 Å². The molecule has 3 N–H and O–H groups in total. The number of nitrogens with zero attached hydrogens (tertiary/aromatic N) is 3. The summed E-state index contributed by atoms with van der Waals surface area (Å²) in [5, 5.41) is 20.3. The number of fused-ring (bicyclic) bond motifs is 5. The maximum absolute atomic E-state index is 9.20. The van der Waals surface area contributed by atoms with Crippen molar-refractivity contribution in [1.29, 1.82) is 0 Å². The summed E-state index contributed by atoms with van der Waals surface area (Å²) in [6.45, 7) is 7.87. The number of aliphatic imine (C=N–C) groups is 2. The Morgan fingerprint density at radius 1 is 0.830 bits per heavy atom. The first-order chi connectivity index (χ1) is 23.0. The Bertz CT molecular complexity index is 2030. The summed E-state index contributed by atoms with van der Waals surface area (Å²) >= 11 is 0. The number of aromatic nitrogens is 1. The number of aliphatic hydroxyl groups excluding tert-OH is 2. The molecule has 4 aliphatic heterocycles. The van der Waals surface area contributed by atoms with Gasteiger partial charge in [-0.3, -0.25) is 0 Å². The molecule has 47 heavy (non-hydrogen) atoms. The van der Waals surface area contributed by atoms with Gasteiger partial charge < -0.3 is 29.6 Å². The van der Waals surface area contributed by atoms with Crippen molar-refractivity contribution in [2.45, 2.75) is 31.8 Å². The molecule has 2 atom stereocenters. The fourth-order valence-corrected chi connectivity index (χ4v) is 6.23. The van der Waals surface area contributed by atoms with E-state index in [1.54, 1.807) is 0 Å². The molecule has 1 saturated heterocycles. The summed E-state index contributed by atoms with van der Waals surface area (Å²) in [5.41, 5.74) is 8.20. The predicted octanol–water partition coefficient (Wildman–Crippen LogP) is 4.43. The van der Waals surface area contributed by atoms with Crippen molar-refractivity contribution in [2.75, 3.05) is 26.4 Å². The molecule has 6 bridgehead atoms. The molecule has 0 spiro atoms. The van der Waals surface area contributed by atoms with Gasteiger partial charge in [0, 0.05) is 53.6 Å². The van der Waals surface area contributed by atoms with E-state index < -0.39 is 0 Å². The third-order valence-electron chi connectivity index (χ3n) is 8.61. The van der Waals surface area contributed by atoms with Gasteiger partial charge in [0.25, 0.3) is 0 Å². The second kappa shape index (κ2) is 13.3. The highest BCUT2D eigenvalue weighted by atomic mass is 16.5. The molecule has 1 fully saturated rings. The summed E-state index contributed by atoms with van der Waals surface area (Å²) in [6.07, 6.45) is 13.6.